The van der Waals surface area contributed by atoms with Crippen LogP contribution in [0, 0.1) is 0 Å². The number of benzene rings is 1. The van der Waals surface area contributed by atoms with E-state index in [1.165, 1.54) is 0 Å². The van der Waals surface area contributed by atoms with Crippen LogP contribution in [-0.4, -0.2) is 47.6 Å². The Kier molecular flexibility index (Phi) is 5.07. The second-order valence-corrected chi connectivity index (χ2v) is 5.24. The Morgan fingerprint density at radius 2 is 2.37 bits per heavy atom. The zero-order chi connectivity index (χ0) is 13.7. The van der Waals surface area contributed by atoms with E-state index in [0.29, 0.717) is 0 Å². The third-order valence-corrected chi connectivity index (χ3v) is 4.01. The lowest BCUT2D eigenvalue weighted by molar-refractivity contribution is 0.273. The standard InChI is InChI=1S/C13H19N3O2S/c1-14-9(5-6-17)8-19-13-15-11-4-3-10(18-2)7-12(11)16-13/h3-4,7,9,14,17H,5-6,8H2,1-2H3,(H,15,16). The molecular weight excluding hydrogens is 262 g/mol. The zero-order valence-electron chi connectivity index (χ0n) is 11.1. The quantitative estimate of drug-likeness (QED) is 0.673. The topological polar surface area (TPSA) is 70.2 Å². The van der Waals surface area contributed by atoms with Crippen LogP contribution in [0.2, 0.25) is 0 Å². The number of hydrogen-bond donors (Lipinski definition) is 3. The van der Waals surface area contributed by atoms with Crippen LogP contribution in [-0.2, 0) is 0 Å². The van der Waals surface area contributed by atoms with Crippen molar-refractivity contribution in [3.63, 3.8) is 0 Å². The molecule has 5 nitrogen and oxygen atoms in total. The first-order valence-corrected chi connectivity index (χ1v) is 7.20. The summed E-state index contributed by atoms with van der Waals surface area (Å²) in [5.41, 5.74) is 1.91. The minimum Gasteiger partial charge on any atom is -0.497 e. The van der Waals surface area contributed by atoms with E-state index in [0.717, 1.165) is 34.1 Å². The average molecular weight is 281 g/mol. The Labute approximate surface area is 116 Å². The number of nitrogens with one attached hydrogen (secondary N) is 2. The smallest absolute Gasteiger partial charge is 0.166 e. The summed E-state index contributed by atoms with van der Waals surface area (Å²) in [6, 6.07) is 6.07. The van der Waals surface area contributed by atoms with Crippen molar-refractivity contribution in [3.8, 4) is 5.75 Å². The van der Waals surface area contributed by atoms with E-state index in [-0.39, 0.29) is 12.6 Å². The zero-order valence-corrected chi connectivity index (χ0v) is 12.0. The van der Waals surface area contributed by atoms with Crippen LogP contribution in [0.25, 0.3) is 11.0 Å². The van der Waals surface area contributed by atoms with Gasteiger partial charge in [-0.2, -0.15) is 0 Å². The van der Waals surface area contributed by atoms with Crippen molar-refractivity contribution in [2.75, 3.05) is 26.5 Å². The van der Waals surface area contributed by atoms with Gasteiger partial charge in [-0.1, -0.05) is 11.8 Å². The maximum absolute atomic E-state index is 8.95. The van der Waals surface area contributed by atoms with Gasteiger partial charge in [-0.25, -0.2) is 4.98 Å². The molecule has 1 heterocycles. The highest BCUT2D eigenvalue weighted by atomic mass is 32.2. The number of H-pyrrole nitrogens is 1. The number of rotatable bonds is 7. The Balaban J connectivity index is 2.04. The SMILES string of the molecule is CNC(CCO)CSc1nc2ccc(OC)cc2[nH]1. The van der Waals surface area contributed by atoms with Crippen LogP contribution in [0.15, 0.2) is 23.4 Å². The number of aliphatic hydroxyl groups excluding tert-OH is 1. The molecular formula is C13H19N3O2S. The number of fused-ring (bicyclic) bond motifs is 1. The first-order chi connectivity index (χ1) is 9.26. The van der Waals surface area contributed by atoms with Gasteiger partial charge in [0.05, 0.1) is 18.1 Å². The van der Waals surface area contributed by atoms with E-state index >= 15 is 0 Å². The minimum absolute atomic E-state index is 0.198. The Morgan fingerprint density at radius 1 is 1.53 bits per heavy atom. The molecule has 2 aromatic rings. The lowest BCUT2D eigenvalue weighted by Crippen LogP contribution is -2.28. The summed E-state index contributed by atoms with van der Waals surface area (Å²) < 4.78 is 5.19. The summed E-state index contributed by atoms with van der Waals surface area (Å²) in [5, 5.41) is 13.0. The van der Waals surface area contributed by atoms with Gasteiger partial charge in [-0.3, -0.25) is 0 Å². The molecule has 1 aromatic carbocycles. The summed E-state index contributed by atoms with van der Waals surface area (Å²) >= 11 is 1.65. The van der Waals surface area contributed by atoms with Gasteiger partial charge in [-0.05, 0) is 25.6 Å². The van der Waals surface area contributed by atoms with Crippen LogP contribution < -0.4 is 10.1 Å². The molecule has 1 aromatic heterocycles. The van der Waals surface area contributed by atoms with Crippen molar-refractivity contribution in [1.82, 2.24) is 15.3 Å². The van der Waals surface area contributed by atoms with Crippen molar-refractivity contribution in [2.24, 2.45) is 0 Å². The molecule has 0 spiro atoms. The number of aromatic amines is 1. The number of nitrogens with zero attached hydrogens (tertiary/aromatic N) is 1. The highest BCUT2D eigenvalue weighted by Gasteiger charge is 2.09. The summed E-state index contributed by atoms with van der Waals surface area (Å²) in [7, 11) is 3.56. The predicted molar refractivity (Wildman–Crippen MR) is 77.9 cm³/mol. The van der Waals surface area contributed by atoms with Gasteiger partial charge in [-0.15, -0.1) is 0 Å². The summed E-state index contributed by atoms with van der Waals surface area (Å²) in [6.45, 7) is 0.198. The largest absolute Gasteiger partial charge is 0.497 e. The number of methoxy groups -OCH3 is 1. The molecule has 0 aliphatic carbocycles. The molecule has 0 aliphatic rings. The second kappa shape index (κ2) is 6.79. The molecule has 1 atom stereocenters. The van der Waals surface area contributed by atoms with Crippen LogP contribution in [0.1, 0.15) is 6.42 Å². The molecule has 0 amide bonds. The fourth-order valence-corrected chi connectivity index (χ4v) is 2.84. The molecule has 0 saturated carbocycles. The molecule has 0 fully saturated rings. The Hall–Kier alpha value is -1.24. The number of ether oxygens (including phenoxy) is 1. The summed E-state index contributed by atoms with van der Waals surface area (Å²) in [4.78, 5) is 7.79. The van der Waals surface area contributed by atoms with Crippen molar-refractivity contribution in [3.05, 3.63) is 18.2 Å². The number of thioether (sulfide) groups is 1. The van der Waals surface area contributed by atoms with Gasteiger partial charge >= 0.3 is 0 Å². The molecule has 3 N–H and O–H groups in total. The highest BCUT2D eigenvalue weighted by molar-refractivity contribution is 7.99. The Bertz CT molecular complexity index is 530. The van der Waals surface area contributed by atoms with E-state index in [1.54, 1.807) is 18.9 Å². The van der Waals surface area contributed by atoms with Crippen molar-refractivity contribution < 1.29 is 9.84 Å². The fraction of sp³-hybridized carbons (Fsp3) is 0.462. The number of aromatic nitrogens is 2. The van der Waals surface area contributed by atoms with Crippen LogP contribution in [0.5, 0.6) is 5.75 Å². The van der Waals surface area contributed by atoms with Crippen LogP contribution in [0.4, 0.5) is 0 Å². The lowest BCUT2D eigenvalue weighted by atomic mass is 10.2. The number of hydrogen-bond acceptors (Lipinski definition) is 5. The fourth-order valence-electron chi connectivity index (χ4n) is 1.81. The molecule has 0 bridgehead atoms. The molecule has 0 radical (unpaired) electrons. The van der Waals surface area contributed by atoms with Gasteiger partial charge in [0.1, 0.15) is 5.75 Å². The van der Waals surface area contributed by atoms with Crippen LogP contribution >= 0.6 is 11.8 Å². The highest BCUT2D eigenvalue weighted by Crippen LogP contribution is 2.23. The third-order valence-electron chi connectivity index (χ3n) is 2.97. The normalized spacial score (nSPS) is 12.8. The third kappa shape index (κ3) is 3.62. The molecule has 6 heteroatoms. The van der Waals surface area contributed by atoms with Gasteiger partial charge in [0, 0.05) is 24.5 Å². The van der Waals surface area contributed by atoms with Gasteiger partial charge in [0.2, 0.25) is 0 Å². The summed E-state index contributed by atoms with van der Waals surface area (Å²) in [6.07, 6.45) is 0.748. The maximum Gasteiger partial charge on any atom is 0.166 e. The summed E-state index contributed by atoms with van der Waals surface area (Å²) in [5.74, 6) is 1.69. The minimum atomic E-state index is 0.198. The average Bonchev–Trinajstić information content (AvgIpc) is 2.84. The molecule has 104 valence electrons. The second-order valence-electron chi connectivity index (χ2n) is 4.23. The van der Waals surface area contributed by atoms with Crippen molar-refractivity contribution in [1.29, 1.82) is 0 Å². The number of imidazole rings is 1. The van der Waals surface area contributed by atoms with Gasteiger partial charge < -0.3 is 20.1 Å². The van der Waals surface area contributed by atoms with Gasteiger partial charge in [0.15, 0.2) is 5.16 Å². The van der Waals surface area contributed by atoms with E-state index in [4.69, 9.17) is 9.84 Å². The Morgan fingerprint density at radius 3 is 3.05 bits per heavy atom. The number of aliphatic hydroxyl groups is 1. The molecule has 2 rings (SSSR count). The van der Waals surface area contributed by atoms with Crippen LogP contribution in [0.3, 0.4) is 0 Å². The van der Waals surface area contributed by atoms with E-state index < -0.39 is 0 Å². The molecule has 0 saturated heterocycles. The lowest BCUT2D eigenvalue weighted by Gasteiger charge is -2.12. The van der Waals surface area contributed by atoms with E-state index in [1.807, 2.05) is 25.2 Å². The van der Waals surface area contributed by atoms with Gasteiger partial charge in [0.25, 0.3) is 0 Å². The molecule has 1 unspecified atom stereocenters. The van der Waals surface area contributed by atoms with Crippen molar-refractivity contribution >= 4 is 22.8 Å². The maximum atomic E-state index is 8.95. The molecule has 0 aliphatic heterocycles. The van der Waals surface area contributed by atoms with E-state index in [2.05, 4.69) is 15.3 Å². The molecule has 19 heavy (non-hydrogen) atoms. The predicted octanol–water partition coefficient (Wildman–Crippen LogP) is 1.63. The first-order valence-electron chi connectivity index (χ1n) is 6.21. The monoisotopic (exact) mass is 281 g/mol. The van der Waals surface area contributed by atoms with Crippen molar-refractivity contribution in [2.45, 2.75) is 17.6 Å². The van der Waals surface area contributed by atoms with E-state index in [9.17, 15) is 0 Å². The first kappa shape index (κ1) is 14.2.